The van der Waals surface area contributed by atoms with E-state index in [-0.39, 0.29) is 0 Å². The predicted octanol–water partition coefficient (Wildman–Crippen LogP) is 3.39. The zero-order chi connectivity index (χ0) is 9.64. The molecule has 0 nitrogen and oxygen atoms in total. The molecule has 0 aliphatic heterocycles. The zero-order valence-electron chi connectivity index (χ0n) is 8.24. The Hall–Kier alpha value is -1.48. The van der Waals surface area contributed by atoms with Gasteiger partial charge in [0.2, 0.25) is 0 Å². The van der Waals surface area contributed by atoms with Crippen LogP contribution in [0.1, 0.15) is 24.8 Å². The summed E-state index contributed by atoms with van der Waals surface area (Å²) in [6.07, 6.45) is 8.03. The van der Waals surface area contributed by atoms with Crippen LogP contribution in [-0.2, 0) is 0 Å². The van der Waals surface area contributed by atoms with Crippen molar-refractivity contribution in [2.45, 2.75) is 19.3 Å². The zero-order valence-corrected chi connectivity index (χ0v) is 8.24. The minimum Gasteiger partial charge on any atom is -0.0941 e. The highest BCUT2D eigenvalue weighted by atomic mass is 14.1. The van der Waals surface area contributed by atoms with E-state index in [9.17, 15) is 0 Å². The van der Waals surface area contributed by atoms with E-state index in [1.807, 2.05) is 18.2 Å². The topological polar surface area (TPSA) is 0 Å². The number of hydrogen-bond acceptors (Lipinski definition) is 0. The van der Waals surface area contributed by atoms with Crippen LogP contribution in [0.2, 0.25) is 0 Å². The molecule has 2 rings (SSSR count). The van der Waals surface area contributed by atoms with Gasteiger partial charge in [-0.3, -0.25) is 0 Å². The molecule has 70 valence electrons. The van der Waals surface area contributed by atoms with Gasteiger partial charge < -0.3 is 0 Å². The molecule has 0 heterocycles. The van der Waals surface area contributed by atoms with Crippen molar-refractivity contribution in [2.75, 3.05) is 0 Å². The fourth-order valence-corrected chi connectivity index (χ4v) is 1.63. The standard InChI is InChI=1S/C14H14/c1-3-7-13(8-4-1)11-12-14-9-5-2-6-10-14/h1-5,7-8,14H,6,9-10H2/t14-/m1/s1. The number of rotatable bonds is 0. The van der Waals surface area contributed by atoms with Crippen LogP contribution >= 0.6 is 0 Å². The van der Waals surface area contributed by atoms with Gasteiger partial charge in [0.25, 0.3) is 0 Å². The summed E-state index contributed by atoms with van der Waals surface area (Å²) in [5.74, 6) is 7.14. The highest BCUT2D eigenvalue weighted by Gasteiger charge is 2.04. The summed E-state index contributed by atoms with van der Waals surface area (Å²) in [5.41, 5.74) is 1.13. The van der Waals surface area contributed by atoms with Crippen molar-refractivity contribution in [1.82, 2.24) is 0 Å². The quantitative estimate of drug-likeness (QED) is 0.426. The Morgan fingerprint density at radius 1 is 1.07 bits per heavy atom. The van der Waals surface area contributed by atoms with Crippen molar-refractivity contribution in [3.8, 4) is 11.8 Å². The van der Waals surface area contributed by atoms with Crippen molar-refractivity contribution in [1.29, 1.82) is 0 Å². The van der Waals surface area contributed by atoms with E-state index < -0.39 is 0 Å². The Labute approximate surface area is 85.7 Å². The van der Waals surface area contributed by atoms with Crippen LogP contribution < -0.4 is 0 Å². The second-order valence-corrected chi connectivity index (χ2v) is 3.62. The van der Waals surface area contributed by atoms with Crippen LogP contribution in [0.25, 0.3) is 0 Å². The maximum absolute atomic E-state index is 3.34. The Kier molecular flexibility index (Phi) is 3.03. The molecule has 0 saturated heterocycles. The molecule has 0 amide bonds. The molecule has 0 N–H and O–H groups in total. The summed E-state index contributed by atoms with van der Waals surface area (Å²) < 4.78 is 0. The highest BCUT2D eigenvalue weighted by Crippen LogP contribution is 2.16. The molecule has 1 aromatic rings. The Balaban J connectivity index is 2.03. The van der Waals surface area contributed by atoms with Gasteiger partial charge in [-0.15, -0.1) is 0 Å². The third-order valence-corrected chi connectivity index (χ3v) is 2.46. The minimum absolute atomic E-state index is 0.570. The maximum Gasteiger partial charge on any atom is 0.0245 e. The fourth-order valence-electron chi connectivity index (χ4n) is 1.63. The van der Waals surface area contributed by atoms with Gasteiger partial charge >= 0.3 is 0 Å². The van der Waals surface area contributed by atoms with Gasteiger partial charge in [-0.2, -0.15) is 0 Å². The second kappa shape index (κ2) is 4.67. The monoisotopic (exact) mass is 182 g/mol. The van der Waals surface area contributed by atoms with Crippen molar-refractivity contribution in [3.63, 3.8) is 0 Å². The number of hydrogen-bond donors (Lipinski definition) is 0. The summed E-state index contributed by atoms with van der Waals surface area (Å²) in [6.45, 7) is 0. The molecule has 0 aromatic heterocycles. The van der Waals surface area contributed by atoms with Crippen LogP contribution in [-0.4, -0.2) is 0 Å². The van der Waals surface area contributed by atoms with E-state index in [0.717, 1.165) is 12.0 Å². The van der Waals surface area contributed by atoms with E-state index in [0.29, 0.717) is 5.92 Å². The Morgan fingerprint density at radius 2 is 1.93 bits per heavy atom. The van der Waals surface area contributed by atoms with Crippen LogP contribution in [0, 0.1) is 17.8 Å². The molecule has 1 atom stereocenters. The Bertz CT molecular complexity index is 362. The first-order chi connectivity index (χ1) is 6.95. The van der Waals surface area contributed by atoms with Crippen molar-refractivity contribution in [3.05, 3.63) is 48.0 Å². The van der Waals surface area contributed by atoms with Gasteiger partial charge in [0.15, 0.2) is 0 Å². The lowest BCUT2D eigenvalue weighted by Gasteiger charge is -2.09. The van der Waals surface area contributed by atoms with Crippen molar-refractivity contribution >= 4 is 0 Å². The molecule has 0 heteroatoms. The maximum atomic E-state index is 3.34. The van der Waals surface area contributed by atoms with E-state index in [1.165, 1.54) is 12.8 Å². The van der Waals surface area contributed by atoms with Gasteiger partial charge in [-0.1, -0.05) is 42.2 Å². The molecule has 1 aromatic carbocycles. The molecule has 0 saturated carbocycles. The minimum atomic E-state index is 0.570. The lowest BCUT2D eigenvalue weighted by molar-refractivity contribution is 0.603. The third kappa shape index (κ3) is 2.50. The van der Waals surface area contributed by atoms with Crippen LogP contribution in [0.4, 0.5) is 0 Å². The van der Waals surface area contributed by atoms with Gasteiger partial charge in [-0.05, 0) is 31.4 Å². The molecular weight excluding hydrogens is 168 g/mol. The van der Waals surface area contributed by atoms with E-state index in [4.69, 9.17) is 0 Å². The summed E-state index contributed by atoms with van der Waals surface area (Å²) in [7, 11) is 0. The lowest BCUT2D eigenvalue weighted by Crippen LogP contribution is -1.98. The molecule has 0 radical (unpaired) electrons. The molecule has 0 spiro atoms. The first kappa shape index (κ1) is 9.09. The number of benzene rings is 1. The summed E-state index contributed by atoms with van der Waals surface area (Å²) >= 11 is 0. The normalized spacial score (nSPS) is 19.9. The summed E-state index contributed by atoms with van der Waals surface area (Å²) in [4.78, 5) is 0. The molecule has 14 heavy (non-hydrogen) atoms. The van der Waals surface area contributed by atoms with Gasteiger partial charge in [0.1, 0.15) is 0 Å². The van der Waals surface area contributed by atoms with Gasteiger partial charge in [0, 0.05) is 11.5 Å². The first-order valence-corrected chi connectivity index (χ1v) is 5.17. The molecule has 0 fully saturated rings. The smallest absolute Gasteiger partial charge is 0.0245 e. The molecule has 1 aliphatic rings. The van der Waals surface area contributed by atoms with Gasteiger partial charge in [-0.25, -0.2) is 0 Å². The van der Waals surface area contributed by atoms with Crippen LogP contribution in [0.3, 0.4) is 0 Å². The molecular formula is C14H14. The first-order valence-electron chi connectivity index (χ1n) is 5.17. The predicted molar refractivity (Wildman–Crippen MR) is 59.8 cm³/mol. The SMILES string of the molecule is C(#C[C@@H]1CC=CCC1)c1ccccc1. The van der Waals surface area contributed by atoms with E-state index in [1.54, 1.807) is 0 Å². The number of allylic oxidation sites excluding steroid dienone is 2. The molecule has 0 unspecified atom stereocenters. The summed E-state index contributed by atoms with van der Waals surface area (Å²) in [5, 5.41) is 0. The Morgan fingerprint density at radius 3 is 2.64 bits per heavy atom. The van der Waals surface area contributed by atoms with Gasteiger partial charge in [0.05, 0.1) is 0 Å². The van der Waals surface area contributed by atoms with Crippen molar-refractivity contribution in [2.24, 2.45) is 5.92 Å². The van der Waals surface area contributed by atoms with E-state index >= 15 is 0 Å². The summed E-state index contributed by atoms with van der Waals surface area (Å²) in [6, 6.07) is 10.2. The average Bonchev–Trinajstić information content (AvgIpc) is 2.29. The average molecular weight is 182 g/mol. The highest BCUT2D eigenvalue weighted by molar-refractivity contribution is 5.34. The largest absolute Gasteiger partial charge is 0.0941 e. The second-order valence-electron chi connectivity index (χ2n) is 3.62. The molecule has 0 bridgehead atoms. The van der Waals surface area contributed by atoms with Crippen LogP contribution in [0.15, 0.2) is 42.5 Å². The van der Waals surface area contributed by atoms with E-state index in [2.05, 4.69) is 36.1 Å². The van der Waals surface area contributed by atoms with Crippen molar-refractivity contribution < 1.29 is 0 Å². The lowest BCUT2D eigenvalue weighted by atomic mass is 9.95. The molecule has 1 aliphatic carbocycles. The fraction of sp³-hybridized carbons (Fsp3) is 0.286. The third-order valence-electron chi connectivity index (χ3n) is 2.46. The van der Waals surface area contributed by atoms with Crippen LogP contribution in [0.5, 0.6) is 0 Å².